The minimum absolute atomic E-state index is 0. The molecule has 2 rings (SSSR count). The zero-order valence-corrected chi connectivity index (χ0v) is 13.0. The topological polar surface area (TPSA) is 81.4 Å². The van der Waals surface area contributed by atoms with Crippen LogP contribution in [-0.4, -0.2) is 27.6 Å². The van der Waals surface area contributed by atoms with E-state index in [4.69, 9.17) is 10.5 Å². The standard InChI is InChI=1S/C13H20N2O3S.ClH/c1-2-18-11-5-7-12(8-6-11)19(16,17)15-13(9-14)10-3-4-10;/h5-8,10,13,15H,2-4,9,14H2,1H3;1H. The first kappa shape index (κ1) is 17.2. The van der Waals surface area contributed by atoms with E-state index >= 15 is 0 Å². The summed E-state index contributed by atoms with van der Waals surface area (Å²) in [6.07, 6.45) is 2.10. The molecule has 3 N–H and O–H groups in total. The van der Waals surface area contributed by atoms with E-state index in [-0.39, 0.29) is 23.3 Å². The van der Waals surface area contributed by atoms with Gasteiger partial charge in [-0.15, -0.1) is 12.4 Å². The number of hydrogen-bond acceptors (Lipinski definition) is 4. The Morgan fingerprint density at radius 3 is 2.40 bits per heavy atom. The number of benzene rings is 1. The number of rotatable bonds is 7. The Bertz CT molecular complexity index is 515. The highest BCUT2D eigenvalue weighted by Gasteiger charge is 2.33. The van der Waals surface area contributed by atoms with Gasteiger partial charge in [0, 0.05) is 12.6 Å². The summed E-state index contributed by atoms with van der Waals surface area (Å²) in [6, 6.07) is 6.26. The summed E-state index contributed by atoms with van der Waals surface area (Å²) in [5.41, 5.74) is 5.62. The average Bonchev–Trinajstić information content (AvgIpc) is 3.21. The molecule has 20 heavy (non-hydrogen) atoms. The molecule has 0 aliphatic heterocycles. The average molecular weight is 321 g/mol. The third kappa shape index (κ3) is 4.34. The number of sulfonamides is 1. The Labute approximate surface area is 126 Å². The molecule has 0 saturated heterocycles. The SMILES string of the molecule is CCOc1ccc(S(=O)(=O)NC(CN)C2CC2)cc1.Cl. The van der Waals surface area contributed by atoms with E-state index in [2.05, 4.69) is 4.72 Å². The lowest BCUT2D eigenvalue weighted by Crippen LogP contribution is -2.41. The fraction of sp³-hybridized carbons (Fsp3) is 0.538. The molecular weight excluding hydrogens is 300 g/mol. The number of hydrogen-bond donors (Lipinski definition) is 2. The lowest BCUT2D eigenvalue weighted by molar-refractivity contribution is 0.340. The summed E-state index contributed by atoms with van der Waals surface area (Å²) in [4.78, 5) is 0.245. The first-order chi connectivity index (χ1) is 9.06. The maximum atomic E-state index is 12.2. The quantitative estimate of drug-likeness (QED) is 0.798. The van der Waals surface area contributed by atoms with Crippen molar-refractivity contribution in [3.63, 3.8) is 0 Å². The normalized spacial score (nSPS) is 16.3. The van der Waals surface area contributed by atoms with Gasteiger partial charge in [-0.25, -0.2) is 13.1 Å². The maximum absolute atomic E-state index is 12.2. The second-order valence-electron chi connectivity index (χ2n) is 4.71. The summed E-state index contributed by atoms with van der Waals surface area (Å²) in [6.45, 7) is 2.77. The molecule has 0 heterocycles. The lowest BCUT2D eigenvalue weighted by atomic mass is 10.2. The van der Waals surface area contributed by atoms with Gasteiger partial charge in [-0.2, -0.15) is 0 Å². The zero-order valence-electron chi connectivity index (χ0n) is 11.4. The van der Waals surface area contributed by atoms with Crippen LogP contribution in [0.1, 0.15) is 19.8 Å². The van der Waals surface area contributed by atoms with Crippen LogP contribution >= 0.6 is 12.4 Å². The smallest absolute Gasteiger partial charge is 0.240 e. The van der Waals surface area contributed by atoms with Crippen LogP contribution in [-0.2, 0) is 10.0 Å². The fourth-order valence-electron chi connectivity index (χ4n) is 1.98. The van der Waals surface area contributed by atoms with Gasteiger partial charge in [0.25, 0.3) is 0 Å². The van der Waals surface area contributed by atoms with Gasteiger partial charge in [0.1, 0.15) is 5.75 Å². The van der Waals surface area contributed by atoms with Gasteiger partial charge in [-0.3, -0.25) is 0 Å². The lowest BCUT2D eigenvalue weighted by Gasteiger charge is -2.16. The molecule has 1 unspecified atom stereocenters. The van der Waals surface area contributed by atoms with Crippen molar-refractivity contribution in [2.24, 2.45) is 11.7 Å². The van der Waals surface area contributed by atoms with Crippen LogP contribution in [0.15, 0.2) is 29.2 Å². The molecule has 0 spiro atoms. The van der Waals surface area contributed by atoms with Crippen molar-refractivity contribution in [1.82, 2.24) is 4.72 Å². The molecule has 0 aromatic heterocycles. The molecule has 0 radical (unpaired) electrons. The van der Waals surface area contributed by atoms with Crippen LogP contribution in [0.2, 0.25) is 0 Å². The van der Waals surface area contributed by atoms with Crippen molar-refractivity contribution in [2.75, 3.05) is 13.2 Å². The molecule has 7 heteroatoms. The van der Waals surface area contributed by atoms with Crippen molar-refractivity contribution in [1.29, 1.82) is 0 Å². The van der Waals surface area contributed by atoms with Crippen LogP contribution in [0.4, 0.5) is 0 Å². The number of halogens is 1. The van der Waals surface area contributed by atoms with Crippen molar-refractivity contribution in [2.45, 2.75) is 30.7 Å². The molecule has 1 aromatic rings. The highest BCUT2D eigenvalue weighted by Crippen LogP contribution is 2.32. The predicted molar refractivity (Wildman–Crippen MR) is 80.7 cm³/mol. The molecule has 1 aliphatic carbocycles. The van der Waals surface area contributed by atoms with E-state index in [1.807, 2.05) is 6.92 Å². The van der Waals surface area contributed by atoms with Gasteiger partial charge in [0.15, 0.2) is 0 Å². The zero-order chi connectivity index (χ0) is 13.9. The molecule has 1 saturated carbocycles. The summed E-state index contributed by atoms with van der Waals surface area (Å²) in [7, 11) is -3.49. The van der Waals surface area contributed by atoms with E-state index in [1.54, 1.807) is 24.3 Å². The van der Waals surface area contributed by atoms with Gasteiger partial charge in [-0.1, -0.05) is 0 Å². The molecule has 1 fully saturated rings. The van der Waals surface area contributed by atoms with Crippen molar-refractivity contribution in [3.8, 4) is 5.75 Å². The van der Waals surface area contributed by atoms with Crippen molar-refractivity contribution < 1.29 is 13.2 Å². The van der Waals surface area contributed by atoms with Gasteiger partial charge in [0.2, 0.25) is 10.0 Å². The van der Waals surface area contributed by atoms with Crippen LogP contribution in [0.5, 0.6) is 5.75 Å². The number of ether oxygens (including phenoxy) is 1. The molecule has 1 aliphatic rings. The molecule has 0 amide bonds. The Morgan fingerprint density at radius 1 is 1.35 bits per heavy atom. The monoisotopic (exact) mass is 320 g/mol. The number of nitrogens with two attached hydrogens (primary N) is 1. The van der Waals surface area contributed by atoms with Crippen LogP contribution in [0, 0.1) is 5.92 Å². The van der Waals surface area contributed by atoms with E-state index in [9.17, 15) is 8.42 Å². The van der Waals surface area contributed by atoms with Crippen LogP contribution < -0.4 is 15.2 Å². The summed E-state index contributed by atoms with van der Waals surface area (Å²) >= 11 is 0. The molecule has 5 nitrogen and oxygen atoms in total. The molecule has 1 aromatic carbocycles. The van der Waals surface area contributed by atoms with Gasteiger partial charge >= 0.3 is 0 Å². The Hall–Kier alpha value is -0.820. The van der Waals surface area contributed by atoms with E-state index in [0.717, 1.165) is 12.8 Å². The third-order valence-corrected chi connectivity index (χ3v) is 4.70. The second-order valence-corrected chi connectivity index (χ2v) is 6.42. The van der Waals surface area contributed by atoms with Crippen LogP contribution in [0.3, 0.4) is 0 Å². The fourth-order valence-corrected chi connectivity index (χ4v) is 3.30. The largest absolute Gasteiger partial charge is 0.494 e. The highest BCUT2D eigenvalue weighted by atomic mass is 35.5. The first-order valence-electron chi connectivity index (χ1n) is 6.52. The number of nitrogens with one attached hydrogen (secondary N) is 1. The van der Waals surface area contributed by atoms with Gasteiger partial charge < -0.3 is 10.5 Å². The summed E-state index contributed by atoms with van der Waals surface area (Å²) in [5.74, 6) is 1.06. The summed E-state index contributed by atoms with van der Waals surface area (Å²) < 4.78 is 32.4. The van der Waals surface area contributed by atoms with Gasteiger partial charge in [0.05, 0.1) is 11.5 Å². The molecular formula is C13H21ClN2O3S. The van der Waals surface area contributed by atoms with Gasteiger partial charge in [-0.05, 0) is 49.9 Å². The Balaban J connectivity index is 0.00000200. The minimum atomic E-state index is -3.49. The van der Waals surface area contributed by atoms with Crippen molar-refractivity contribution in [3.05, 3.63) is 24.3 Å². The predicted octanol–water partition coefficient (Wildman–Crippen LogP) is 1.52. The Morgan fingerprint density at radius 2 is 1.95 bits per heavy atom. The van der Waals surface area contributed by atoms with Crippen LogP contribution in [0.25, 0.3) is 0 Å². The minimum Gasteiger partial charge on any atom is -0.494 e. The third-order valence-electron chi connectivity index (χ3n) is 3.20. The Kier molecular flexibility index (Phi) is 6.26. The first-order valence-corrected chi connectivity index (χ1v) is 8.00. The van der Waals surface area contributed by atoms with E-state index in [0.29, 0.717) is 24.8 Å². The van der Waals surface area contributed by atoms with Crippen molar-refractivity contribution >= 4 is 22.4 Å². The second kappa shape index (κ2) is 7.26. The van der Waals surface area contributed by atoms with E-state index in [1.165, 1.54) is 0 Å². The molecule has 114 valence electrons. The maximum Gasteiger partial charge on any atom is 0.240 e. The van der Waals surface area contributed by atoms with E-state index < -0.39 is 10.0 Å². The molecule has 1 atom stereocenters. The molecule has 0 bridgehead atoms. The highest BCUT2D eigenvalue weighted by molar-refractivity contribution is 7.89. The summed E-state index contributed by atoms with van der Waals surface area (Å²) in [5, 5.41) is 0.